The molecule has 1 heterocycles. The molecule has 0 spiro atoms. The van der Waals surface area contributed by atoms with Gasteiger partial charge in [0.25, 0.3) is 0 Å². The zero-order valence-corrected chi connectivity index (χ0v) is 9.91. The smallest absolute Gasteiger partial charge is 0.308 e. The molecule has 0 saturated carbocycles. The van der Waals surface area contributed by atoms with Gasteiger partial charge in [-0.1, -0.05) is 30.3 Å². The van der Waals surface area contributed by atoms with E-state index < -0.39 is 11.9 Å². The lowest BCUT2D eigenvalue weighted by Crippen LogP contribution is -2.40. The van der Waals surface area contributed by atoms with Crippen LogP contribution in [0.25, 0.3) is 0 Å². The first kappa shape index (κ1) is 12.4. The van der Waals surface area contributed by atoms with E-state index in [-0.39, 0.29) is 12.3 Å². The topological polar surface area (TPSA) is 66.8 Å². The molecule has 0 unspecified atom stereocenters. The Kier molecular flexibility index (Phi) is 3.82. The van der Waals surface area contributed by atoms with Gasteiger partial charge in [0, 0.05) is 11.7 Å². The second-order valence-corrected chi connectivity index (χ2v) is 4.34. The summed E-state index contributed by atoms with van der Waals surface area (Å²) in [5, 5.41) is 2.43. The van der Waals surface area contributed by atoms with Crippen LogP contribution in [0.1, 0.15) is 18.4 Å². The van der Waals surface area contributed by atoms with Gasteiger partial charge < -0.3 is 4.90 Å². The van der Waals surface area contributed by atoms with Crippen molar-refractivity contribution in [1.82, 2.24) is 4.90 Å². The highest BCUT2D eigenvalue weighted by atomic mass is 16.3. The van der Waals surface area contributed by atoms with Crippen LogP contribution in [0, 0.1) is 4.91 Å². The number of hydrogen-bond acceptors (Lipinski definition) is 3. The van der Waals surface area contributed by atoms with Crippen molar-refractivity contribution in [1.29, 1.82) is 0 Å². The monoisotopic (exact) mass is 246 g/mol. The first-order valence-corrected chi connectivity index (χ1v) is 5.93. The van der Waals surface area contributed by atoms with Crippen LogP contribution >= 0.6 is 0 Å². The summed E-state index contributed by atoms with van der Waals surface area (Å²) in [4.78, 5) is 35.1. The van der Waals surface area contributed by atoms with Crippen molar-refractivity contribution >= 4 is 11.8 Å². The predicted octanol–water partition coefficient (Wildman–Crippen LogP) is 1.51. The number of likely N-dealkylation sites (tertiary alicyclic amines) is 1. The van der Waals surface area contributed by atoms with Crippen molar-refractivity contribution < 1.29 is 9.59 Å². The maximum absolute atomic E-state index is 12.1. The Morgan fingerprint density at radius 1 is 1.28 bits per heavy atom. The molecule has 0 aromatic heterocycles. The van der Waals surface area contributed by atoms with E-state index in [2.05, 4.69) is 5.18 Å². The van der Waals surface area contributed by atoms with Gasteiger partial charge >= 0.3 is 5.91 Å². The first-order chi connectivity index (χ1) is 8.72. The lowest BCUT2D eigenvalue weighted by atomic mass is 10.1. The van der Waals surface area contributed by atoms with Gasteiger partial charge in [-0.05, 0) is 18.4 Å². The summed E-state index contributed by atoms with van der Waals surface area (Å²) in [7, 11) is 0. The molecular weight excluding hydrogens is 232 g/mol. The average Bonchev–Trinajstić information content (AvgIpc) is 2.88. The third kappa shape index (κ3) is 2.61. The average molecular weight is 246 g/mol. The molecule has 94 valence electrons. The second-order valence-electron chi connectivity index (χ2n) is 4.34. The van der Waals surface area contributed by atoms with Crippen LogP contribution in [-0.2, 0) is 16.0 Å². The van der Waals surface area contributed by atoms with Crippen LogP contribution in [0.4, 0.5) is 0 Å². The molecule has 0 bridgehead atoms. The van der Waals surface area contributed by atoms with Crippen LogP contribution in [-0.4, -0.2) is 29.3 Å². The molecule has 5 heteroatoms. The van der Waals surface area contributed by atoms with E-state index in [1.165, 1.54) is 4.90 Å². The minimum absolute atomic E-state index is 0.124. The van der Waals surface area contributed by atoms with Crippen molar-refractivity contribution in [2.75, 3.05) is 6.54 Å². The Morgan fingerprint density at radius 2 is 2.00 bits per heavy atom. The molecule has 1 atom stereocenters. The minimum atomic E-state index is -0.742. The second kappa shape index (κ2) is 5.53. The van der Waals surface area contributed by atoms with Gasteiger partial charge in [-0.15, -0.1) is 4.91 Å². The summed E-state index contributed by atoms with van der Waals surface area (Å²) in [6.07, 6.45) is 1.53. The number of rotatable bonds is 3. The van der Waals surface area contributed by atoms with E-state index >= 15 is 0 Å². The fourth-order valence-electron chi connectivity index (χ4n) is 2.25. The van der Waals surface area contributed by atoms with E-state index in [0.29, 0.717) is 13.0 Å². The highest BCUT2D eigenvalue weighted by molar-refractivity contribution is 5.89. The molecule has 0 radical (unpaired) electrons. The molecule has 1 aliphatic heterocycles. The normalized spacial score (nSPS) is 18.7. The predicted molar refractivity (Wildman–Crippen MR) is 65.7 cm³/mol. The summed E-state index contributed by atoms with van der Waals surface area (Å²) in [5.41, 5.74) is 0.902. The summed E-state index contributed by atoms with van der Waals surface area (Å²) < 4.78 is 0. The molecule has 1 saturated heterocycles. The van der Waals surface area contributed by atoms with Gasteiger partial charge in [0.05, 0.1) is 6.42 Å². The van der Waals surface area contributed by atoms with Crippen LogP contribution in [0.2, 0.25) is 0 Å². The molecule has 1 fully saturated rings. The van der Waals surface area contributed by atoms with Gasteiger partial charge in [-0.25, -0.2) is 0 Å². The Hall–Kier alpha value is -2.04. The summed E-state index contributed by atoms with van der Waals surface area (Å²) >= 11 is 0. The van der Waals surface area contributed by atoms with Crippen molar-refractivity contribution in [3.05, 3.63) is 40.8 Å². The van der Waals surface area contributed by atoms with E-state index in [4.69, 9.17) is 0 Å². The molecular formula is C13H14N2O3. The Balaban J connectivity index is 2.04. The van der Waals surface area contributed by atoms with E-state index in [9.17, 15) is 14.5 Å². The summed E-state index contributed by atoms with van der Waals surface area (Å²) in [5.74, 6) is -0.866. The van der Waals surface area contributed by atoms with E-state index in [0.717, 1.165) is 12.0 Å². The van der Waals surface area contributed by atoms with Crippen molar-refractivity contribution in [3.63, 3.8) is 0 Å². The van der Waals surface area contributed by atoms with E-state index in [1.54, 1.807) is 0 Å². The molecule has 5 nitrogen and oxygen atoms in total. The van der Waals surface area contributed by atoms with Gasteiger partial charge in [0.2, 0.25) is 5.91 Å². The fraction of sp³-hybridized carbons (Fsp3) is 0.385. The molecule has 1 aliphatic rings. The van der Waals surface area contributed by atoms with Crippen LogP contribution in [0.15, 0.2) is 35.5 Å². The zero-order chi connectivity index (χ0) is 13.0. The van der Waals surface area contributed by atoms with Crippen LogP contribution in [0.5, 0.6) is 0 Å². The number of nitrogens with zero attached hydrogens (tertiary/aromatic N) is 2. The van der Waals surface area contributed by atoms with E-state index in [1.807, 2.05) is 30.3 Å². The number of benzene rings is 1. The third-order valence-electron chi connectivity index (χ3n) is 3.15. The summed E-state index contributed by atoms with van der Waals surface area (Å²) in [6.45, 7) is 0.525. The minimum Gasteiger partial charge on any atom is -0.330 e. The molecule has 1 aromatic carbocycles. The Labute approximate surface area is 105 Å². The third-order valence-corrected chi connectivity index (χ3v) is 3.15. The number of carbonyl (C=O) groups is 2. The van der Waals surface area contributed by atoms with Crippen molar-refractivity contribution in [3.8, 4) is 0 Å². The molecule has 2 amide bonds. The summed E-state index contributed by atoms with van der Waals surface area (Å²) in [6, 6.07) is 8.68. The number of amides is 2. The largest absolute Gasteiger partial charge is 0.330 e. The fourth-order valence-corrected chi connectivity index (χ4v) is 2.25. The van der Waals surface area contributed by atoms with Crippen LogP contribution < -0.4 is 0 Å². The lowest BCUT2D eigenvalue weighted by molar-refractivity contribution is -0.136. The van der Waals surface area contributed by atoms with Crippen molar-refractivity contribution in [2.24, 2.45) is 5.18 Å². The molecule has 18 heavy (non-hydrogen) atoms. The number of carbonyl (C=O) groups excluding carboxylic acids is 2. The zero-order valence-electron chi connectivity index (χ0n) is 9.91. The highest BCUT2D eigenvalue weighted by Crippen LogP contribution is 2.19. The van der Waals surface area contributed by atoms with Crippen LogP contribution in [0.3, 0.4) is 0 Å². The molecule has 1 aromatic rings. The maximum Gasteiger partial charge on any atom is 0.308 e. The number of hydrogen-bond donors (Lipinski definition) is 0. The van der Waals surface area contributed by atoms with Gasteiger partial charge in [-0.3, -0.25) is 9.59 Å². The SMILES string of the molecule is O=NC(=O)[C@@H]1CCCN1C(=O)Cc1ccccc1. The Bertz CT molecular complexity index is 459. The standard InChI is InChI=1S/C13H14N2O3/c16-12(9-10-5-2-1-3-6-10)15-8-4-7-11(15)13(17)14-18/h1-3,5-6,11H,4,7-9H2/t11-/m0/s1. The maximum atomic E-state index is 12.1. The molecule has 2 rings (SSSR count). The first-order valence-electron chi connectivity index (χ1n) is 5.93. The quantitative estimate of drug-likeness (QED) is 0.759. The van der Waals surface area contributed by atoms with Crippen molar-refractivity contribution in [2.45, 2.75) is 25.3 Å². The van der Waals surface area contributed by atoms with Gasteiger partial charge in [-0.2, -0.15) is 0 Å². The highest BCUT2D eigenvalue weighted by Gasteiger charge is 2.34. The number of nitroso groups, excluding NO2 is 1. The molecule has 0 N–H and O–H groups in total. The molecule has 0 aliphatic carbocycles. The van der Waals surface area contributed by atoms with Gasteiger partial charge in [0.1, 0.15) is 6.04 Å². The Morgan fingerprint density at radius 3 is 2.67 bits per heavy atom. The lowest BCUT2D eigenvalue weighted by Gasteiger charge is -2.21. The van der Waals surface area contributed by atoms with Gasteiger partial charge in [0.15, 0.2) is 0 Å².